The number of hydrogen-bond donors (Lipinski definition) is 1. The molecule has 5 heteroatoms. The molecule has 0 aliphatic heterocycles. The molecule has 0 bridgehead atoms. The molecule has 1 aliphatic carbocycles. The molecule has 2 N–H and O–H groups in total. The zero-order valence-electron chi connectivity index (χ0n) is 9.14. The van der Waals surface area contributed by atoms with Gasteiger partial charge >= 0.3 is 0 Å². The summed E-state index contributed by atoms with van der Waals surface area (Å²) < 4.78 is 27.8. The molecule has 2 rings (SSSR count). The van der Waals surface area contributed by atoms with Gasteiger partial charge in [0.15, 0.2) is 0 Å². The maximum Gasteiger partial charge on any atom is 0.238 e. The van der Waals surface area contributed by atoms with Crippen LogP contribution >= 0.6 is 0 Å². The van der Waals surface area contributed by atoms with Crippen molar-refractivity contribution in [3.63, 3.8) is 0 Å². The summed E-state index contributed by atoms with van der Waals surface area (Å²) in [5.41, 5.74) is 0.798. The molecular weight excluding hydrogens is 226 g/mol. The highest BCUT2D eigenvalue weighted by Gasteiger charge is 2.22. The van der Waals surface area contributed by atoms with Gasteiger partial charge in [0.05, 0.1) is 11.5 Å². The van der Waals surface area contributed by atoms with Crippen LogP contribution in [0.15, 0.2) is 23.1 Å². The number of nitrogens with two attached hydrogens (primary N) is 1. The van der Waals surface area contributed by atoms with Gasteiger partial charge < -0.3 is 4.74 Å². The number of rotatable bonds is 4. The lowest BCUT2D eigenvalue weighted by atomic mass is 10.2. The summed E-state index contributed by atoms with van der Waals surface area (Å²) >= 11 is 0. The van der Waals surface area contributed by atoms with Gasteiger partial charge in [-0.05, 0) is 49.4 Å². The van der Waals surface area contributed by atoms with Crippen LogP contribution in [0.3, 0.4) is 0 Å². The fraction of sp³-hybridized carbons (Fsp3) is 0.455. The first-order valence-electron chi connectivity index (χ1n) is 5.23. The van der Waals surface area contributed by atoms with Crippen LogP contribution in [0.25, 0.3) is 0 Å². The summed E-state index contributed by atoms with van der Waals surface area (Å²) in [6.45, 7) is 2.53. The van der Waals surface area contributed by atoms with E-state index in [4.69, 9.17) is 9.88 Å². The van der Waals surface area contributed by atoms with Crippen LogP contribution in [0.5, 0.6) is 5.75 Å². The van der Waals surface area contributed by atoms with Gasteiger partial charge in [0.2, 0.25) is 10.0 Å². The van der Waals surface area contributed by atoms with E-state index in [2.05, 4.69) is 0 Å². The molecule has 0 atom stereocenters. The maximum absolute atomic E-state index is 11.1. The molecular formula is C11H15NO3S. The van der Waals surface area contributed by atoms with E-state index >= 15 is 0 Å². The third-order valence-corrected chi connectivity index (χ3v) is 3.56. The third-order valence-electron chi connectivity index (χ3n) is 2.65. The van der Waals surface area contributed by atoms with Crippen molar-refractivity contribution in [2.45, 2.75) is 24.7 Å². The van der Waals surface area contributed by atoms with Crippen molar-refractivity contribution in [2.75, 3.05) is 6.61 Å². The van der Waals surface area contributed by atoms with Gasteiger partial charge in [0.25, 0.3) is 0 Å². The van der Waals surface area contributed by atoms with E-state index in [1.54, 1.807) is 6.07 Å². The van der Waals surface area contributed by atoms with Crippen molar-refractivity contribution >= 4 is 10.0 Å². The fourth-order valence-electron chi connectivity index (χ4n) is 1.45. The molecule has 0 radical (unpaired) electrons. The predicted octanol–water partition coefficient (Wildman–Crippen LogP) is 1.43. The van der Waals surface area contributed by atoms with E-state index in [0.29, 0.717) is 5.92 Å². The summed E-state index contributed by atoms with van der Waals surface area (Å²) in [7, 11) is -3.62. The minimum absolute atomic E-state index is 0.128. The van der Waals surface area contributed by atoms with Gasteiger partial charge in [0, 0.05) is 0 Å². The van der Waals surface area contributed by atoms with Crippen LogP contribution in [-0.2, 0) is 10.0 Å². The second-order valence-electron chi connectivity index (χ2n) is 4.23. The first kappa shape index (κ1) is 11.4. The Bertz CT molecular complexity index is 492. The number of benzene rings is 1. The van der Waals surface area contributed by atoms with Crippen LogP contribution in [0, 0.1) is 12.8 Å². The first-order chi connectivity index (χ1) is 7.47. The zero-order chi connectivity index (χ0) is 11.8. The minimum Gasteiger partial charge on any atom is -0.493 e. The molecule has 1 fully saturated rings. The minimum atomic E-state index is -3.62. The Hall–Kier alpha value is -1.07. The molecule has 0 unspecified atom stereocenters. The van der Waals surface area contributed by atoms with Crippen LogP contribution < -0.4 is 9.88 Å². The van der Waals surface area contributed by atoms with E-state index in [0.717, 1.165) is 17.9 Å². The number of hydrogen-bond acceptors (Lipinski definition) is 3. The van der Waals surface area contributed by atoms with Crippen molar-refractivity contribution in [1.82, 2.24) is 0 Å². The van der Waals surface area contributed by atoms with Crippen LogP contribution in [0.1, 0.15) is 18.4 Å². The molecule has 4 nitrogen and oxygen atoms in total. The molecule has 0 saturated heterocycles. The number of sulfonamides is 1. The standard InChI is InChI=1S/C11H15NO3S/c1-8-6-10(16(12,13)14)4-5-11(8)15-7-9-2-3-9/h4-6,9H,2-3,7H2,1H3,(H2,12,13,14). The van der Waals surface area contributed by atoms with Gasteiger partial charge in [-0.15, -0.1) is 0 Å². The topological polar surface area (TPSA) is 69.4 Å². The van der Waals surface area contributed by atoms with Crippen molar-refractivity contribution in [2.24, 2.45) is 11.1 Å². The Morgan fingerprint density at radius 3 is 2.62 bits per heavy atom. The quantitative estimate of drug-likeness (QED) is 0.867. The Morgan fingerprint density at radius 1 is 1.44 bits per heavy atom. The predicted molar refractivity (Wildman–Crippen MR) is 60.8 cm³/mol. The van der Waals surface area contributed by atoms with Gasteiger partial charge in [0.1, 0.15) is 5.75 Å². The second kappa shape index (κ2) is 4.07. The number of ether oxygens (including phenoxy) is 1. The van der Waals surface area contributed by atoms with Crippen molar-refractivity contribution < 1.29 is 13.2 Å². The van der Waals surface area contributed by atoms with Gasteiger partial charge in [-0.2, -0.15) is 0 Å². The van der Waals surface area contributed by atoms with Gasteiger partial charge in [-0.25, -0.2) is 13.6 Å². The summed E-state index contributed by atoms with van der Waals surface area (Å²) in [6.07, 6.45) is 2.46. The van der Waals surface area contributed by atoms with Crippen molar-refractivity contribution in [3.05, 3.63) is 23.8 Å². The smallest absolute Gasteiger partial charge is 0.238 e. The summed E-state index contributed by atoms with van der Waals surface area (Å²) in [5, 5.41) is 5.04. The Labute approximate surface area is 95.5 Å². The molecule has 0 amide bonds. The van der Waals surface area contributed by atoms with E-state index < -0.39 is 10.0 Å². The van der Waals surface area contributed by atoms with E-state index in [9.17, 15) is 8.42 Å². The Kier molecular flexibility index (Phi) is 2.90. The van der Waals surface area contributed by atoms with Crippen molar-refractivity contribution in [1.29, 1.82) is 0 Å². The lowest BCUT2D eigenvalue weighted by Crippen LogP contribution is -2.12. The lowest BCUT2D eigenvalue weighted by molar-refractivity contribution is 0.297. The summed E-state index contributed by atoms with van der Waals surface area (Å²) in [5.74, 6) is 1.41. The second-order valence-corrected chi connectivity index (χ2v) is 5.79. The maximum atomic E-state index is 11.1. The molecule has 1 aromatic rings. The number of primary sulfonamides is 1. The van der Waals surface area contributed by atoms with Crippen LogP contribution in [-0.4, -0.2) is 15.0 Å². The summed E-state index contributed by atoms with van der Waals surface area (Å²) in [6, 6.07) is 4.68. The molecule has 0 aromatic heterocycles. The van der Waals surface area contributed by atoms with Crippen LogP contribution in [0.4, 0.5) is 0 Å². The summed E-state index contributed by atoms with van der Waals surface area (Å²) in [4.78, 5) is 0.128. The number of aryl methyl sites for hydroxylation is 1. The Morgan fingerprint density at radius 2 is 2.12 bits per heavy atom. The molecule has 0 heterocycles. The van der Waals surface area contributed by atoms with E-state index in [1.807, 2.05) is 6.92 Å². The van der Waals surface area contributed by atoms with Gasteiger partial charge in [-0.3, -0.25) is 0 Å². The normalized spacial score (nSPS) is 16.1. The third kappa shape index (κ3) is 2.74. The highest BCUT2D eigenvalue weighted by atomic mass is 32.2. The van der Waals surface area contributed by atoms with Crippen LogP contribution in [0.2, 0.25) is 0 Å². The van der Waals surface area contributed by atoms with E-state index in [1.165, 1.54) is 25.0 Å². The average molecular weight is 241 g/mol. The highest BCUT2D eigenvalue weighted by Crippen LogP contribution is 2.30. The average Bonchev–Trinajstić information content (AvgIpc) is 2.98. The zero-order valence-corrected chi connectivity index (χ0v) is 9.96. The molecule has 1 aromatic carbocycles. The monoisotopic (exact) mass is 241 g/mol. The van der Waals surface area contributed by atoms with Gasteiger partial charge in [-0.1, -0.05) is 0 Å². The highest BCUT2D eigenvalue weighted by molar-refractivity contribution is 7.89. The Balaban J connectivity index is 2.15. The largest absolute Gasteiger partial charge is 0.493 e. The van der Waals surface area contributed by atoms with E-state index in [-0.39, 0.29) is 4.90 Å². The molecule has 1 saturated carbocycles. The molecule has 1 aliphatic rings. The first-order valence-corrected chi connectivity index (χ1v) is 6.78. The molecule has 0 spiro atoms. The molecule has 88 valence electrons. The molecule has 16 heavy (non-hydrogen) atoms. The fourth-order valence-corrected chi connectivity index (χ4v) is 2.05. The SMILES string of the molecule is Cc1cc(S(N)(=O)=O)ccc1OCC1CC1. The lowest BCUT2D eigenvalue weighted by Gasteiger charge is -2.09. The van der Waals surface area contributed by atoms with Crippen molar-refractivity contribution in [3.8, 4) is 5.75 Å².